The molecule has 0 saturated carbocycles. The summed E-state index contributed by atoms with van der Waals surface area (Å²) in [5.74, 6) is 1.49. The number of aromatic nitrogens is 1. The van der Waals surface area contributed by atoms with Crippen molar-refractivity contribution in [1.29, 1.82) is 0 Å². The van der Waals surface area contributed by atoms with Crippen molar-refractivity contribution in [2.24, 2.45) is 0 Å². The summed E-state index contributed by atoms with van der Waals surface area (Å²) in [6.45, 7) is 0.254. The first kappa shape index (κ1) is 26.9. The molecule has 212 valence electrons. The Labute approximate surface area is 242 Å². The van der Waals surface area contributed by atoms with Crippen LogP contribution in [0.4, 0.5) is 0 Å². The molecule has 0 radical (unpaired) electrons. The van der Waals surface area contributed by atoms with Crippen LogP contribution >= 0.6 is 0 Å². The largest absolute Gasteiger partial charge is 0.493 e. The number of pyridine rings is 1. The van der Waals surface area contributed by atoms with Gasteiger partial charge in [0.2, 0.25) is 11.5 Å². The number of hydrogen-bond donors (Lipinski definition) is 0. The minimum atomic E-state index is -0.473. The molecule has 1 atom stereocenters. The van der Waals surface area contributed by atoms with Gasteiger partial charge >= 0.3 is 5.97 Å². The van der Waals surface area contributed by atoms with E-state index in [0.29, 0.717) is 51.2 Å². The molecule has 9 heteroatoms. The molecule has 2 aliphatic heterocycles. The molecule has 1 aromatic heterocycles. The van der Waals surface area contributed by atoms with Crippen LogP contribution in [-0.2, 0) is 11.4 Å². The van der Waals surface area contributed by atoms with Gasteiger partial charge in [-0.3, -0.25) is 14.6 Å². The lowest BCUT2D eigenvalue weighted by atomic mass is 9.84. The lowest BCUT2D eigenvalue weighted by Gasteiger charge is -2.27. The zero-order valence-electron chi connectivity index (χ0n) is 23.2. The highest BCUT2D eigenvalue weighted by Gasteiger charge is 2.39. The number of benzene rings is 3. The van der Waals surface area contributed by atoms with E-state index in [1.165, 1.54) is 21.3 Å². The molecule has 0 N–H and O–H groups in total. The predicted molar refractivity (Wildman–Crippen MR) is 153 cm³/mol. The molecule has 2 aliphatic rings. The molecule has 0 bridgehead atoms. The number of Topliss-reactive ketones (excluding diaryl/α,β-unsaturated/α-hetero) is 1. The van der Waals surface area contributed by atoms with E-state index >= 15 is 0 Å². The van der Waals surface area contributed by atoms with Crippen LogP contribution in [0, 0.1) is 0 Å². The maximum absolute atomic E-state index is 13.6. The number of para-hydroxylation sites is 1. The van der Waals surface area contributed by atoms with E-state index in [0.717, 1.165) is 11.3 Å². The second-order valence-corrected chi connectivity index (χ2v) is 9.60. The van der Waals surface area contributed by atoms with Gasteiger partial charge in [0, 0.05) is 28.8 Å². The Bertz CT molecular complexity index is 1710. The first-order valence-corrected chi connectivity index (χ1v) is 13.2. The Hall–Kier alpha value is -5.31. The summed E-state index contributed by atoms with van der Waals surface area (Å²) in [5.41, 5.74) is 3.09. The van der Waals surface area contributed by atoms with Gasteiger partial charge in [-0.2, -0.15) is 0 Å². The average Bonchev–Trinajstić information content (AvgIpc) is 3.34. The molecule has 0 saturated heterocycles. The van der Waals surface area contributed by atoms with Crippen molar-refractivity contribution < 1.29 is 38.0 Å². The van der Waals surface area contributed by atoms with Gasteiger partial charge in [0.15, 0.2) is 17.3 Å². The van der Waals surface area contributed by atoms with Crippen molar-refractivity contribution in [2.45, 2.75) is 18.9 Å². The van der Waals surface area contributed by atoms with E-state index in [2.05, 4.69) is 4.98 Å². The number of carbonyl (C=O) groups is 2. The zero-order valence-corrected chi connectivity index (χ0v) is 23.2. The van der Waals surface area contributed by atoms with E-state index in [1.807, 2.05) is 42.5 Å². The topological polar surface area (TPSA) is 102 Å². The number of ketones is 1. The number of hydrogen-bond acceptors (Lipinski definition) is 9. The molecule has 0 amide bonds. The Morgan fingerprint density at radius 3 is 2.43 bits per heavy atom. The minimum Gasteiger partial charge on any atom is -0.493 e. The van der Waals surface area contributed by atoms with Crippen LogP contribution in [0.15, 0.2) is 78.7 Å². The molecule has 6 rings (SSSR count). The second-order valence-electron chi connectivity index (χ2n) is 9.60. The summed E-state index contributed by atoms with van der Waals surface area (Å²) < 4.78 is 34.5. The van der Waals surface area contributed by atoms with Crippen molar-refractivity contribution in [2.75, 3.05) is 21.3 Å². The fourth-order valence-electron chi connectivity index (χ4n) is 5.29. The van der Waals surface area contributed by atoms with Crippen LogP contribution in [0.2, 0.25) is 0 Å². The highest BCUT2D eigenvalue weighted by Crippen LogP contribution is 2.51. The Balaban J connectivity index is 1.40. The quantitative estimate of drug-likeness (QED) is 0.150. The van der Waals surface area contributed by atoms with Crippen molar-refractivity contribution in [1.82, 2.24) is 4.98 Å². The third kappa shape index (κ3) is 4.79. The molecule has 0 aliphatic carbocycles. The number of nitrogens with zero attached hydrogens (tertiary/aromatic N) is 1. The molecule has 0 spiro atoms. The maximum atomic E-state index is 13.6. The number of rotatable bonds is 8. The number of esters is 1. The molecular weight excluding hydrogens is 538 g/mol. The van der Waals surface area contributed by atoms with E-state index in [4.69, 9.17) is 28.4 Å². The van der Waals surface area contributed by atoms with E-state index < -0.39 is 5.92 Å². The van der Waals surface area contributed by atoms with Crippen LogP contribution in [0.1, 0.15) is 45.1 Å². The maximum Gasteiger partial charge on any atom is 0.312 e. The van der Waals surface area contributed by atoms with Crippen molar-refractivity contribution >= 4 is 17.8 Å². The summed E-state index contributed by atoms with van der Waals surface area (Å²) >= 11 is 0. The highest BCUT2D eigenvalue weighted by molar-refractivity contribution is 6.15. The minimum absolute atomic E-state index is 0.0491. The summed E-state index contributed by atoms with van der Waals surface area (Å²) in [5, 5.41) is 0. The van der Waals surface area contributed by atoms with Gasteiger partial charge in [0.05, 0.1) is 39.0 Å². The summed E-state index contributed by atoms with van der Waals surface area (Å²) in [6, 6.07) is 19.8. The van der Waals surface area contributed by atoms with Crippen LogP contribution in [0.3, 0.4) is 0 Å². The summed E-state index contributed by atoms with van der Waals surface area (Å²) in [7, 11) is 4.55. The molecule has 1 unspecified atom stereocenters. The summed E-state index contributed by atoms with van der Waals surface area (Å²) in [6.07, 6.45) is 3.36. The average molecular weight is 566 g/mol. The van der Waals surface area contributed by atoms with Gasteiger partial charge in [0.1, 0.15) is 23.9 Å². The molecule has 0 fully saturated rings. The predicted octanol–water partition coefficient (Wildman–Crippen LogP) is 5.74. The molecule has 9 nitrogen and oxygen atoms in total. The Morgan fingerprint density at radius 2 is 1.67 bits per heavy atom. The van der Waals surface area contributed by atoms with Crippen LogP contribution < -0.4 is 28.4 Å². The van der Waals surface area contributed by atoms with Gasteiger partial charge in [-0.25, -0.2) is 0 Å². The normalized spacial score (nSPS) is 16.3. The first-order valence-electron chi connectivity index (χ1n) is 13.2. The fourth-order valence-corrected chi connectivity index (χ4v) is 5.29. The van der Waals surface area contributed by atoms with Crippen molar-refractivity contribution in [3.8, 4) is 34.5 Å². The molecular formula is C33H27NO8. The summed E-state index contributed by atoms with van der Waals surface area (Å²) in [4.78, 5) is 30.6. The third-order valence-corrected chi connectivity index (χ3v) is 7.20. The van der Waals surface area contributed by atoms with Gasteiger partial charge < -0.3 is 28.4 Å². The highest BCUT2D eigenvalue weighted by atomic mass is 16.5. The van der Waals surface area contributed by atoms with Crippen LogP contribution in [-0.4, -0.2) is 38.1 Å². The van der Waals surface area contributed by atoms with Crippen molar-refractivity contribution in [3.05, 3.63) is 107 Å². The molecule has 4 aromatic rings. The van der Waals surface area contributed by atoms with Gasteiger partial charge in [-0.15, -0.1) is 0 Å². The molecule has 3 heterocycles. The Kier molecular flexibility index (Phi) is 7.23. The standard InChI is InChI=1S/C33H27NO8/c1-37-26-13-11-19(31(38-2)33(26)39-3)16-27-30(36)22-12-14-25-29(32(22)42-27)23(17-28(35)41-25)21-9-4-5-10-24(21)40-18-20-8-6-7-15-34-20/h4-16,23H,17-18H2,1-3H3/b27-16-. The number of methoxy groups -OCH3 is 3. The zero-order chi connectivity index (χ0) is 29.2. The van der Waals surface area contributed by atoms with E-state index in [9.17, 15) is 9.59 Å². The second kappa shape index (κ2) is 11.3. The number of ether oxygens (including phenoxy) is 6. The lowest BCUT2D eigenvalue weighted by Crippen LogP contribution is -2.22. The number of allylic oxidation sites excluding steroid dienone is 1. The van der Waals surface area contributed by atoms with E-state index in [1.54, 1.807) is 36.5 Å². The van der Waals surface area contributed by atoms with Gasteiger partial charge in [-0.05, 0) is 48.5 Å². The number of carbonyl (C=O) groups excluding carboxylic acids is 2. The fraction of sp³-hybridized carbons (Fsp3) is 0.182. The monoisotopic (exact) mass is 565 g/mol. The SMILES string of the molecule is COc1ccc(/C=C2\Oc3c(ccc4c3C(c3ccccc3OCc3ccccn3)CC(=O)O4)C2=O)c(OC)c1OC. The lowest BCUT2D eigenvalue weighted by molar-refractivity contribution is -0.135. The van der Waals surface area contributed by atoms with E-state index in [-0.39, 0.29) is 30.5 Å². The Morgan fingerprint density at radius 1 is 0.857 bits per heavy atom. The van der Waals surface area contributed by atoms with Gasteiger partial charge in [-0.1, -0.05) is 24.3 Å². The smallest absolute Gasteiger partial charge is 0.312 e. The number of fused-ring (bicyclic) bond motifs is 3. The van der Waals surface area contributed by atoms with Gasteiger partial charge in [0.25, 0.3) is 0 Å². The van der Waals surface area contributed by atoms with Crippen LogP contribution in [0.25, 0.3) is 6.08 Å². The first-order chi connectivity index (χ1) is 20.5. The van der Waals surface area contributed by atoms with Crippen molar-refractivity contribution in [3.63, 3.8) is 0 Å². The third-order valence-electron chi connectivity index (χ3n) is 7.20. The van der Waals surface area contributed by atoms with Crippen LogP contribution in [0.5, 0.6) is 34.5 Å². The molecule has 3 aromatic carbocycles. The molecule has 42 heavy (non-hydrogen) atoms.